The first-order valence-electron chi connectivity index (χ1n) is 6.23. The summed E-state index contributed by atoms with van der Waals surface area (Å²) in [5, 5.41) is 11.8. The van der Waals surface area contributed by atoms with Gasteiger partial charge in [0.05, 0.1) is 5.56 Å². The van der Waals surface area contributed by atoms with E-state index in [1.54, 1.807) is 25.1 Å². The Kier molecular flexibility index (Phi) is 3.99. The molecule has 2 nitrogen and oxygen atoms in total. The third-order valence-corrected chi connectivity index (χ3v) is 3.17. The second-order valence-corrected chi connectivity index (χ2v) is 4.68. The molecule has 1 atom stereocenters. The molecule has 0 aliphatic carbocycles. The minimum Gasteiger partial charge on any atom is -0.378 e. The molecule has 0 heterocycles. The van der Waals surface area contributed by atoms with Crippen molar-refractivity contribution < 1.29 is 8.78 Å². The van der Waals surface area contributed by atoms with Crippen molar-refractivity contribution in [2.45, 2.75) is 19.9 Å². The second-order valence-electron chi connectivity index (χ2n) is 4.68. The topological polar surface area (TPSA) is 35.8 Å². The minimum absolute atomic E-state index is 0.00424. The summed E-state index contributed by atoms with van der Waals surface area (Å²) in [4.78, 5) is 0. The quantitative estimate of drug-likeness (QED) is 0.903. The van der Waals surface area contributed by atoms with E-state index in [9.17, 15) is 8.78 Å². The van der Waals surface area contributed by atoms with E-state index in [2.05, 4.69) is 5.32 Å². The molecule has 4 heteroatoms. The third kappa shape index (κ3) is 2.94. The summed E-state index contributed by atoms with van der Waals surface area (Å²) in [5.41, 5.74) is 1.92. The predicted molar refractivity (Wildman–Crippen MR) is 74.3 cm³/mol. The fourth-order valence-corrected chi connectivity index (χ4v) is 1.91. The Morgan fingerprint density at radius 2 is 1.85 bits per heavy atom. The lowest BCUT2D eigenvalue weighted by Gasteiger charge is -2.16. The third-order valence-electron chi connectivity index (χ3n) is 3.17. The number of nitrogens with one attached hydrogen (secondary N) is 1. The summed E-state index contributed by atoms with van der Waals surface area (Å²) in [6.45, 7) is 3.56. The van der Waals surface area contributed by atoms with Crippen LogP contribution in [-0.2, 0) is 0 Å². The first-order chi connectivity index (χ1) is 9.51. The van der Waals surface area contributed by atoms with E-state index in [1.165, 1.54) is 18.2 Å². The number of benzene rings is 2. The van der Waals surface area contributed by atoms with Crippen LogP contribution in [0.3, 0.4) is 0 Å². The fraction of sp³-hybridized carbons (Fsp3) is 0.188. The first kappa shape index (κ1) is 14.0. The smallest absolute Gasteiger partial charge is 0.143 e. The van der Waals surface area contributed by atoms with Gasteiger partial charge in [0, 0.05) is 11.7 Å². The molecular formula is C16H14F2N2. The highest BCUT2D eigenvalue weighted by molar-refractivity contribution is 5.49. The first-order valence-corrected chi connectivity index (χ1v) is 6.23. The van der Waals surface area contributed by atoms with Gasteiger partial charge in [-0.2, -0.15) is 5.26 Å². The van der Waals surface area contributed by atoms with Crippen molar-refractivity contribution in [2.75, 3.05) is 5.32 Å². The van der Waals surface area contributed by atoms with Crippen LogP contribution >= 0.6 is 0 Å². The van der Waals surface area contributed by atoms with Crippen LogP contribution in [0.2, 0.25) is 0 Å². The Bertz CT molecular complexity index is 675. The maximum Gasteiger partial charge on any atom is 0.143 e. The number of rotatable bonds is 3. The van der Waals surface area contributed by atoms with E-state index in [0.717, 1.165) is 5.56 Å². The number of hydrogen-bond acceptors (Lipinski definition) is 2. The van der Waals surface area contributed by atoms with Gasteiger partial charge in [-0.15, -0.1) is 0 Å². The van der Waals surface area contributed by atoms with Crippen molar-refractivity contribution in [3.8, 4) is 6.07 Å². The number of nitriles is 1. The van der Waals surface area contributed by atoms with Crippen molar-refractivity contribution in [2.24, 2.45) is 0 Å². The van der Waals surface area contributed by atoms with E-state index in [1.807, 2.05) is 13.0 Å². The van der Waals surface area contributed by atoms with Crippen LogP contribution in [0.1, 0.15) is 29.7 Å². The van der Waals surface area contributed by atoms with Gasteiger partial charge in [-0.05, 0) is 49.2 Å². The summed E-state index contributed by atoms with van der Waals surface area (Å²) in [5.74, 6) is -0.832. The monoisotopic (exact) mass is 272 g/mol. The second kappa shape index (κ2) is 5.70. The van der Waals surface area contributed by atoms with Crippen molar-refractivity contribution >= 4 is 5.69 Å². The van der Waals surface area contributed by atoms with Gasteiger partial charge in [0.1, 0.15) is 17.7 Å². The summed E-state index contributed by atoms with van der Waals surface area (Å²) in [6, 6.07) is 10.9. The van der Waals surface area contributed by atoms with Gasteiger partial charge in [0.15, 0.2) is 0 Å². The van der Waals surface area contributed by atoms with Crippen LogP contribution in [0, 0.1) is 29.9 Å². The number of aryl methyl sites for hydroxylation is 1. The molecule has 2 aromatic rings. The zero-order valence-corrected chi connectivity index (χ0v) is 11.2. The molecule has 1 unspecified atom stereocenters. The van der Waals surface area contributed by atoms with E-state index >= 15 is 0 Å². The highest BCUT2D eigenvalue weighted by Gasteiger charge is 2.09. The molecular weight excluding hydrogens is 258 g/mol. The maximum absolute atomic E-state index is 13.5. The molecule has 0 fully saturated rings. The number of nitrogens with zero attached hydrogens (tertiary/aromatic N) is 1. The van der Waals surface area contributed by atoms with Crippen molar-refractivity contribution in [1.82, 2.24) is 0 Å². The molecule has 0 aromatic heterocycles. The molecule has 0 aliphatic heterocycles. The molecule has 2 aromatic carbocycles. The van der Waals surface area contributed by atoms with Gasteiger partial charge in [-0.25, -0.2) is 8.78 Å². The van der Waals surface area contributed by atoms with Crippen molar-refractivity contribution in [3.05, 3.63) is 64.7 Å². The number of halogens is 2. The van der Waals surface area contributed by atoms with E-state index < -0.39 is 5.82 Å². The zero-order chi connectivity index (χ0) is 14.7. The summed E-state index contributed by atoms with van der Waals surface area (Å²) in [7, 11) is 0. The summed E-state index contributed by atoms with van der Waals surface area (Å²) < 4.78 is 27.0. The van der Waals surface area contributed by atoms with Crippen LogP contribution in [0.5, 0.6) is 0 Å². The number of hydrogen-bond donors (Lipinski definition) is 1. The Balaban J connectivity index is 2.19. The van der Waals surface area contributed by atoms with Crippen LogP contribution in [0.4, 0.5) is 14.5 Å². The lowest BCUT2D eigenvalue weighted by Crippen LogP contribution is -2.07. The Morgan fingerprint density at radius 3 is 2.45 bits per heavy atom. The molecule has 1 N–H and O–H groups in total. The molecule has 0 amide bonds. The van der Waals surface area contributed by atoms with Crippen LogP contribution in [-0.4, -0.2) is 0 Å². The van der Waals surface area contributed by atoms with Crippen LogP contribution in [0.15, 0.2) is 36.4 Å². The van der Waals surface area contributed by atoms with Crippen LogP contribution in [0.25, 0.3) is 0 Å². The normalized spacial score (nSPS) is 11.8. The largest absolute Gasteiger partial charge is 0.378 e. The predicted octanol–water partition coefficient (Wildman–Crippen LogP) is 4.32. The molecule has 0 saturated heterocycles. The van der Waals surface area contributed by atoms with E-state index in [0.29, 0.717) is 11.3 Å². The summed E-state index contributed by atoms with van der Waals surface area (Å²) >= 11 is 0. The van der Waals surface area contributed by atoms with Crippen molar-refractivity contribution in [3.63, 3.8) is 0 Å². The van der Waals surface area contributed by atoms with Gasteiger partial charge in [0.2, 0.25) is 0 Å². The van der Waals surface area contributed by atoms with Gasteiger partial charge < -0.3 is 5.32 Å². The lowest BCUT2D eigenvalue weighted by molar-refractivity contribution is 0.614. The maximum atomic E-state index is 13.5. The Morgan fingerprint density at radius 1 is 1.10 bits per heavy atom. The highest BCUT2D eigenvalue weighted by Crippen LogP contribution is 2.22. The Hall–Kier alpha value is -2.41. The molecule has 20 heavy (non-hydrogen) atoms. The summed E-state index contributed by atoms with van der Waals surface area (Å²) in [6.07, 6.45) is 0. The standard InChI is InChI=1S/C16H14F2N2/c1-10-3-4-12(7-15(10)17)11(2)20-14-6-5-13(9-19)16(18)8-14/h3-8,11,20H,1-2H3. The van der Waals surface area contributed by atoms with E-state index in [4.69, 9.17) is 5.26 Å². The van der Waals surface area contributed by atoms with Gasteiger partial charge in [-0.3, -0.25) is 0 Å². The molecule has 0 bridgehead atoms. The number of anilines is 1. The van der Waals surface area contributed by atoms with Crippen molar-refractivity contribution in [1.29, 1.82) is 5.26 Å². The minimum atomic E-state index is -0.570. The lowest BCUT2D eigenvalue weighted by atomic mass is 10.1. The molecule has 0 aliphatic rings. The fourth-order valence-electron chi connectivity index (χ4n) is 1.91. The van der Waals surface area contributed by atoms with Gasteiger partial charge in [0.25, 0.3) is 0 Å². The average Bonchev–Trinajstić information content (AvgIpc) is 2.42. The molecule has 0 saturated carbocycles. The Labute approximate surface area is 116 Å². The average molecular weight is 272 g/mol. The molecule has 2 rings (SSSR count). The SMILES string of the molecule is Cc1ccc(C(C)Nc2ccc(C#N)c(F)c2)cc1F. The molecule has 0 spiro atoms. The van der Waals surface area contributed by atoms with Gasteiger partial charge in [-0.1, -0.05) is 12.1 Å². The van der Waals surface area contributed by atoms with E-state index in [-0.39, 0.29) is 17.4 Å². The molecule has 102 valence electrons. The van der Waals surface area contributed by atoms with Crippen LogP contribution < -0.4 is 5.32 Å². The van der Waals surface area contributed by atoms with Gasteiger partial charge >= 0.3 is 0 Å². The zero-order valence-electron chi connectivity index (χ0n) is 11.2. The molecule has 0 radical (unpaired) electrons. The highest BCUT2D eigenvalue weighted by atomic mass is 19.1.